The van der Waals surface area contributed by atoms with Crippen LogP contribution in [-0.4, -0.2) is 30.9 Å². The molecule has 1 saturated carbocycles. The summed E-state index contributed by atoms with van der Waals surface area (Å²) in [5.74, 6) is -0.368. The highest BCUT2D eigenvalue weighted by atomic mass is 19.1. The number of halogens is 1. The lowest BCUT2D eigenvalue weighted by atomic mass is 9.85. The van der Waals surface area contributed by atoms with Gasteiger partial charge in [-0.15, -0.1) is 0 Å². The minimum absolute atomic E-state index is 0.0574. The number of benzene rings is 1. The maximum absolute atomic E-state index is 15.3. The van der Waals surface area contributed by atoms with E-state index in [9.17, 15) is 10.1 Å². The smallest absolute Gasteiger partial charge is 0.278 e. The summed E-state index contributed by atoms with van der Waals surface area (Å²) in [5.41, 5.74) is 2.68. The Morgan fingerprint density at radius 1 is 1.21 bits per heavy atom. The van der Waals surface area contributed by atoms with Crippen molar-refractivity contribution in [1.29, 1.82) is 5.26 Å². The van der Waals surface area contributed by atoms with E-state index in [1.807, 2.05) is 6.07 Å². The van der Waals surface area contributed by atoms with Gasteiger partial charge in [-0.25, -0.2) is 23.7 Å². The third kappa shape index (κ3) is 3.94. The first-order chi connectivity index (χ1) is 18.1. The number of hydrogen-bond acceptors (Lipinski definition) is 7. The van der Waals surface area contributed by atoms with Gasteiger partial charge < -0.3 is 10.6 Å². The standard InChI is InChI=1S/C28H29FN8O/c1-27(2,15-30)22-10-9-21(29)24(34-22)37-23-19(25(38)36(37)18-6-7-18)14-31-26(35-23)33-17-5-8-20-16(13-17)11-12-32-28(20,3)4/h5,8-10,13-14,18,32H,6-7,11-12H2,1-4H3,(H,31,33,35). The summed E-state index contributed by atoms with van der Waals surface area (Å²) in [6.07, 6.45) is 4.01. The van der Waals surface area contributed by atoms with Crippen molar-refractivity contribution in [2.45, 2.75) is 64.0 Å². The summed E-state index contributed by atoms with van der Waals surface area (Å²) in [4.78, 5) is 27.0. The number of nitrogens with one attached hydrogen (secondary N) is 2. The number of fused-ring (bicyclic) bond motifs is 2. The van der Waals surface area contributed by atoms with Crippen molar-refractivity contribution in [2.75, 3.05) is 11.9 Å². The Labute approximate surface area is 219 Å². The van der Waals surface area contributed by atoms with Crippen molar-refractivity contribution in [2.24, 2.45) is 0 Å². The van der Waals surface area contributed by atoms with E-state index in [1.54, 1.807) is 13.8 Å². The molecule has 0 unspecified atom stereocenters. The molecule has 10 heteroatoms. The predicted octanol–water partition coefficient (Wildman–Crippen LogP) is 4.38. The van der Waals surface area contributed by atoms with E-state index >= 15 is 4.39 Å². The Bertz CT molecular complexity index is 1690. The van der Waals surface area contributed by atoms with Gasteiger partial charge in [0.15, 0.2) is 17.3 Å². The number of anilines is 2. The first kappa shape index (κ1) is 24.2. The highest BCUT2D eigenvalue weighted by Gasteiger charge is 2.33. The molecule has 0 bridgehead atoms. The minimum atomic E-state index is -0.936. The Balaban J connectivity index is 1.48. The van der Waals surface area contributed by atoms with Crippen molar-refractivity contribution in [1.82, 2.24) is 29.6 Å². The van der Waals surface area contributed by atoms with Gasteiger partial charge >= 0.3 is 0 Å². The molecule has 2 aliphatic rings. The van der Waals surface area contributed by atoms with Crippen LogP contribution in [0.3, 0.4) is 0 Å². The lowest BCUT2D eigenvalue weighted by molar-refractivity contribution is 0.382. The predicted molar refractivity (Wildman–Crippen MR) is 142 cm³/mol. The van der Waals surface area contributed by atoms with Gasteiger partial charge in [-0.3, -0.25) is 4.79 Å². The molecule has 1 fully saturated rings. The molecule has 3 aromatic heterocycles. The van der Waals surface area contributed by atoms with Crippen LogP contribution in [-0.2, 0) is 17.4 Å². The molecule has 1 aromatic carbocycles. The van der Waals surface area contributed by atoms with Gasteiger partial charge in [0.1, 0.15) is 5.39 Å². The fraction of sp³-hybridized carbons (Fsp3) is 0.393. The third-order valence-corrected chi connectivity index (χ3v) is 7.46. The van der Waals surface area contributed by atoms with E-state index in [0.717, 1.165) is 31.5 Å². The summed E-state index contributed by atoms with van der Waals surface area (Å²) in [6, 6.07) is 11.1. The van der Waals surface area contributed by atoms with E-state index in [0.29, 0.717) is 11.6 Å². The number of aromatic nitrogens is 5. The van der Waals surface area contributed by atoms with Crippen LogP contribution in [0.5, 0.6) is 0 Å². The molecule has 1 aliphatic carbocycles. The molecular formula is C28H29FN8O. The summed E-state index contributed by atoms with van der Waals surface area (Å²) >= 11 is 0. The second-order valence-electron chi connectivity index (χ2n) is 11.2. The number of rotatable bonds is 5. The average Bonchev–Trinajstić information content (AvgIpc) is 3.68. The first-order valence-electron chi connectivity index (χ1n) is 12.8. The van der Waals surface area contributed by atoms with Gasteiger partial charge in [0.25, 0.3) is 5.56 Å². The van der Waals surface area contributed by atoms with E-state index in [2.05, 4.69) is 57.6 Å². The maximum Gasteiger partial charge on any atom is 0.278 e. The number of nitriles is 1. The van der Waals surface area contributed by atoms with Gasteiger partial charge in [-0.1, -0.05) is 6.07 Å². The van der Waals surface area contributed by atoms with Crippen LogP contribution in [0.15, 0.2) is 41.3 Å². The molecule has 9 nitrogen and oxygen atoms in total. The molecule has 4 heterocycles. The van der Waals surface area contributed by atoms with Crippen LogP contribution in [0.1, 0.15) is 63.4 Å². The zero-order valence-corrected chi connectivity index (χ0v) is 21.8. The van der Waals surface area contributed by atoms with E-state index in [4.69, 9.17) is 0 Å². The van der Waals surface area contributed by atoms with Crippen LogP contribution < -0.4 is 16.2 Å². The topological polar surface area (TPSA) is 113 Å². The molecule has 4 aromatic rings. The van der Waals surface area contributed by atoms with Crippen LogP contribution >= 0.6 is 0 Å². The molecule has 0 amide bonds. The monoisotopic (exact) mass is 512 g/mol. The second-order valence-corrected chi connectivity index (χ2v) is 11.2. The molecule has 0 saturated heterocycles. The fourth-order valence-electron chi connectivity index (χ4n) is 5.12. The molecule has 0 radical (unpaired) electrons. The lowest BCUT2D eigenvalue weighted by Crippen LogP contribution is -2.42. The Hall–Kier alpha value is -4.10. The van der Waals surface area contributed by atoms with Crippen molar-refractivity contribution in [3.63, 3.8) is 0 Å². The summed E-state index contributed by atoms with van der Waals surface area (Å²) < 4.78 is 18.2. The van der Waals surface area contributed by atoms with Gasteiger partial charge in [-0.2, -0.15) is 10.2 Å². The average molecular weight is 513 g/mol. The quantitative estimate of drug-likeness (QED) is 0.408. The number of pyridine rings is 1. The minimum Gasteiger partial charge on any atom is -0.324 e. The van der Waals surface area contributed by atoms with Crippen LogP contribution in [0.2, 0.25) is 0 Å². The highest BCUT2D eigenvalue weighted by Crippen LogP contribution is 2.36. The largest absolute Gasteiger partial charge is 0.324 e. The zero-order valence-electron chi connectivity index (χ0n) is 21.8. The van der Waals surface area contributed by atoms with Gasteiger partial charge in [0.05, 0.1) is 23.2 Å². The van der Waals surface area contributed by atoms with Crippen molar-refractivity contribution in [3.8, 4) is 11.9 Å². The SMILES string of the molecule is CC(C)(C#N)c1ccc(F)c(-n2c3nc(Nc4ccc5c(c4)CCNC5(C)C)ncc3c(=O)n2C2CC2)n1. The van der Waals surface area contributed by atoms with Crippen LogP contribution in [0, 0.1) is 17.1 Å². The molecule has 38 heavy (non-hydrogen) atoms. The van der Waals surface area contributed by atoms with Crippen molar-refractivity contribution >= 4 is 22.7 Å². The molecule has 2 N–H and O–H groups in total. The van der Waals surface area contributed by atoms with Crippen molar-refractivity contribution in [3.05, 3.63) is 69.5 Å². The lowest BCUT2D eigenvalue weighted by Gasteiger charge is -2.34. The Morgan fingerprint density at radius 3 is 2.74 bits per heavy atom. The van der Waals surface area contributed by atoms with Gasteiger partial charge in [0.2, 0.25) is 5.95 Å². The first-order valence-corrected chi connectivity index (χ1v) is 12.8. The zero-order chi connectivity index (χ0) is 26.8. The third-order valence-electron chi connectivity index (χ3n) is 7.46. The molecule has 0 atom stereocenters. The van der Waals surface area contributed by atoms with E-state index in [1.165, 1.54) is 38.8 Å². The fourth-order valence-corrected chi connectivity index (χ4v) is 5.12. The van der Waals surface area contributed by atoms with Crippen LogP contribution in [0.4, 0.5) is 16.0 Å². The molecule has 194 valence electrons. The van der Waals surface area contributed by atoms with E-state index < -0.39 is 11.2 Å². The van der Waals surface area contributed by atoms with Crippen molar-refractivity contribution < 1.29 is 4.39 Å². The van der Waals surface area contributed by atoms with E-state index in [-0.39, 0.29) is 34.0 Å². The molecule has 1 aliphatic heterocycles. The maximum atomic E-state index is 15.3. The number of hydrogen-bond donors (Lipinski definition) is 2. The normalized spacial score (nSPS) is 16.7. The van der Waals surface area contributed by atoms with Gasteiger partial charge in [-0.05, 0) is 88.9 Å². The van der Waals surface area contributed by atoms with Crippen LogP contribution in [0.25, 0.3) is 16.9 Å². The summed E-state index contributed by atoms with van der Waals surface area (Å²) in [7, 11) is 0. The summed E-state index contributed by atoms with van der Waals surface area (Å²) in [6.45, 7) is 8.67. The van der Waals surface area contributed by atoms with Gasteiger partial charge in [0, 0.05) is 17.4 Å². The Morgan fingerprint density at radius 2 is 2.00 bits per heavy atom. The highest BCUT2D eigenvalue weighted by molar-refractivity contribution is 5.77. The summed E-state index contributed by atoms with van der Waals surface area (Å²) in [5, 5.41) is 16.7. The molecular weight excluding hydrogens is 483 g/mol. The Kier molecular flexibility index (Phi) is 5.40. The molecule has 0 spiro atoms. The second kappa shape index (κ2) is 8.46. The molecule has 6 rings (SSSR count). The number of nitrogens with zero attached hydrogens (tertiary/aromatic N) is 6.